The Morgan fingerprint density at radius 3 is 2.84 bits per heavy atom. The summed E-state index contributed by atoms with van der Waals surface area (Å²) in [6.45, 7) is 2.71. The zero-order valence-corrected chi connectivity index (χ0v) is 12.7. The van der Waals surface area contributed by atoms with Crippen LogP contribution in [0.1, 0.15) is 12.5 Å². The fourth-order valence-corrected chi connectivity index (χ4v) is 2.74. The van der Waals surface area contributed by atoms with Gasteiger partial charge in [-0.3, -0.25) is 4.79 Å². The summed E-state index contributed by atoms with van der Waals surface area (Å²) in [5.74, 6) is 0.0839. The van der Waals surface area contributed by atoms with Crippen LogP contribution in [0.15, 0.2) is 29.6 Å². The summed E-state index contributed by atoms with van der Waals surface area (Å²) >= 11 is 1.69. The van der Waals surface area contributed by atoms with E-state index in [0.29, 0.717) is 19.0 Å². The summed E-state index contributed by atoms with van der Waals surface area (Å²) in [5.41, 5.74) is 1.12. The van der Waals surface area contributed by atoms with Crippen molar-refractivity contribution in [2.45, 2.75) is 19.4 Å². The van der Waals surface area contributed by atoms with Crippen molar-refractivity contribution >= 4 is 39.7 Å². The summed E-state index contributed by atoms with van der Waals surface area (Å²) in [6, 6.07) is 8.50. The Balaban J connectivity index is 0.00000180. The van der Waals surface area contributed by atoms with Crippen LogP contribution in [0.2, 0.25) is 0 Å². The molecule has 1 aromatic heterocycles. The number of hydrogen-bond donors (Lipinski definition) is 2. The van der Waals surface area contributed by atoms with E-state index in [2.05, 4.69) is 28.1 Å². The Morgan fingerprint density at radius 2 is 2.11 bits per heavy atom. The average molecular weight is 299 g/mol. The number of fused-ring (bicyclic) bond motifs is 1. The van der Waals surface area contributed by atoms with E-state index in [4.69, 9.17) is 0 Å². The monoisotopic (exact) mass is 298 g/mol. The van der Waals surface area contributed by atoms with Gasteiger partial charge in [-0.2, -0.15) is 0 Å². The Bertz CT molecular complexity index is 541. The van der Waals surface area contributed by atoms with Crippen molar-refractivity contribution in [1.29, 1.82) is 0 Å². The van der Waals surface area contributed by atoms with Gasteiger partial charge in [-0.05, 0) is 36.4 Å². The van der Waals surface area contributed by atoms with Crippen molar-refractivity contribution in [3.63, 3.8) is 0 Å². The number of nitrogens with one attached hydrogen (secondary N) is 2. The Morgan fingerprint density at radius 1 is 1.37 bits per heavy atom. The predicted octanol–water partition coefficient (Wildman–Crippen LogP) is 2.59. The number of carbonyl (C=O) groups is 1. The number of benzene rings is 1. The third-order valence-corrected chi connectivity index (χ3v) is 4.02. The van der Waals surface area contributed by atoms with Gasteiger partial charge in [0.25, 0.3) is 0 Å². The highest BCUT2D eigenvalue weighted by Gasteiger charge is 2.09. The van der Waals surface area contributed by atoms with Gasteiger partial charge >= 0.3 is 0 Å². The number of carbonyl (C=O) groups excluding carboxylic acids is 1. The second-order valence-electron chi connectivity index (χ2n) is 4.43. The standard InChI is InChI=1S/C14H18N2OS.ClH/c1-10(15-2)8-16-14(17)7-11-9-18-13-6-4-3-5-12(11)13;/h3-6,9-10,15H,7-8H2,1-2H3,(H,16,17);1H. The van der Waals surface area contributed by atoms with E-state index in [-0.39, 0.29) is 18.3 Å². The molecule has 0 spiro atoms. The molecule has 2 rings (SSSR count). The molecule has 0 bridgehead atoms. The summed E-state index contributed by atoms with van der Waals surface area (Å²) in [4.78, 5) is 11.8. The molecule has 0 saturated heterocycles. The molecular formula is C14H19ClN2OS. The van der Waals surface area contributed by atoms with E-state index < -0.39 is 0 Å². The lowest BCUT2D eigenvalue weighted by molar-refractivity contribution is -0.120. The second-order valence-corrected chi connectivity index (χ2v) is 5.34. The first kappa shape index (κ1) is 16.0. The molecule has 5 heteroatoms. The van der Waals surface area contributed by atoms with Crippen molar-refractivity contribution in [3.05, 3.63) is 35.2 Å². The SMILES string of the molecule is CNC(C)CNC(=O)Cc1csc2ccccc12.Cl. The number of halogens is 1. The van der Waals surface area contributed by atoms with Crippen LogP contribution < -0.4 is 10.6 Å². The number of hydrogen-bond acceptors (Lipinski definition) is 3. The molecule has 2 N–H and O–H groups in total. The summed E-state index contributed by atoms with van der Waals surface area (Å²) in [6.07, 6.45) is 0.459. The maximum Gasteiger partial charge on any atom is 0.224 e. The van der Waals surface area contributed by atoms with Gasteiger partial charge in [0.05, 0.1) is 6.42 Å². The molecule has 0 saturated carbocycles. The van der Waals surface area contributed by atoms with Gasteiger partial charge in [0, 0.05) is 17.3 Å². The van der Waals surface area contributed by atoms with Crippen LogP contribution in [-0.4, -0.2) is 25.5 Å². The van der Waals surface area contributed by atoms with Crippen molar-refractivity contribution < 1.29 is 4.79 Å². The van der Waals surface area contributed by atoms with E-state index in [1.54, 1.807) is 11.3 Å². The zero-order chi connectivity index (χ0) is 13.0. The molecule has 1 atom stereocenters. The maximum absolute atomic E-state index is 11.8. The molecule has 0 fully saturated rings. The fourth-order valence-electron chi connectivity index (χ4n) is 1.77. The van der Waals surface area contributed by atoms with E-state index in [1.807, 2.05) is 26.1 Å². The summed E-state index contributed by atoms with van der Waals surface area (Å²) in [5, 5.41) is 9.30. The molecule has 0 aliphatic rings. The van der Waals surface area contributed by atoms with Gasteiger partial charge in [0.1, 0.15) is 0 Å². The van der Waals surface area contributed by atoms with Crippen LogP contribution in [0.4, 0.5) is 0 Å². The predicted molar refractivity (Wildman–Crippen MR) is 84.3 cm³/mol. The summed E-state index contributed by atoms with van der Waals surface area (Å²) in [7, 11) is 1.89. The number of likely N-dealkylation sites (N-methyl/N-ethyl adjacent to an activating group) is 1. The number of rotatable bonds is 5. The molecule has 19 heavy (non-hydrogen) atoms. The Hall–Kier alpha value is -1.10. The first-order chi connectivity index (χ1) is 8.70. The highest BCUT2D eigenvalue weighted by Crippen LogP contribution is 2.25. The topological polar surface area (TPSA) is 41.1 Å². The fraction of sp³-hybridized carbons (Fsp3) is 0.357. The second kappa shape index (κ2) is 7.48. The quantitative estimate of drug-likeness (QED) is 0.891. The molecular weight excluding hydrogens is 280 g/mol. The molecule has 104 valence electrons. The van der Waals surface area contributed by atoms with Gasteiger partial charge in [-0.15, -0.1) is 23.7 Å². The molecule has 1 aromatic carbocycles. The lowest BCUT2D eigenvalue weighted by Gasteiger charge is -2.11. The van der Waals surface area contributed by atoms with Crippen LogP contribution in [0.25, 0.3) is 10.1 Å². The molecule has 0 aliphatic carbocycles. The first-order valence-corrected chi connectivity index (χ1v) is 6.97. The van der Waals surface area contributed by atoms with E-state index >= 15 is 0 Å². The van der Waals surface area contributed by atoms with Crippen molar-refractivity contribution in [2.24, 2.45) is 0 Å². The largest absolute Gasteiger partial charge is 0.354 e. The first-order valence-electron chi connectivity index (χ1n) is 6.09. The van der Waals surface area contributed by atoms with Crippen LogP contribution in [0.5, 0.6) is 0 Å². The molecule has 0 aliphatic heterocycles. The van der Waals surface area contributed by atoms with Gasteiger partial charge in [0.2, 0.25) is 5.91 Å². The molecule has 1 amide bonds. The Labute approximate surface area is 123 Å². The summed E-state index contributed by atoms with van der Waals surface area (Å²) < 4.78 is 1.24. The minimum Gasteiger partial charge on any atom is -0.354 e. The van der Waals surface area contributed by atoms with E-state index in [0.717, 1.165) is 5.56 Å². The molecule has 1 heterocycles. The van der Waals surface area contributed by atoms with E-state index in [1.165, 1.54) is 10.1 Å². The minimum absolute atomic E-state index is 0. The third kappa shape index (κ3) is 4.20. The lowest BCUT2D eigenvalue weighted by Crippen LogP contribution is -2.37. The van der Waals surface area contributed by atoms with Crippen LogP contribution in [0.3, 0.4) is 0 Å². The maximum atomic E-state index is 11.8. The Kier molecular flexibility index (Phi) is 6.28. The van der Waals surface area contributed by atoms with Gasteiger partial charge in [-0.1, -0.05) is 18.2 Å². The number of thiophene rings is 1. The average Bonchev–Trinajstić information content (AvgIpc) is 2.79. The molecule has 3 nitrogen and oxygen atoms in total. The molecule has 1 unspecified atom stereocenters. The highest BCUT2D eigenvalue weighted by atomic mass is 35.5. The van der Waals surface area contributed by atoms with Gasteiger partial charge < -0.3 is 10.6 Å². The van der Waals surface area contributed by atoms with Gasteiger partial charge in [0.15, 0.2) is 0 Å². The van der Waals surface area contributed by atoms with Crippen molar-refractivity contribution in [3.8, 4) is 0 Å². The van der Waals surface area contributed by atoms with E-state index in [9.17, 15) is 4.79 Å². The zero-order valence-electron chi connectivity index (χ0n) is 11.1. The van der Waals surface area contributed by atoms with Crippen LogP contribution in [-0.2, 0) is 11.2 Å². The highest BCUT2D eigenvalue weighted by molar-refractivity contribution is 7.17. The number of amides is 1. The minimum atomic E-state index is 0. The van der Waals surface area contributed by atoms with Crippen LogP contribution in [0, 0.1) is 0 Å². The van der Waals surface area contributed by atoms with Crippen LogP contribution >= 0.6 is 23.7 Å². The smallest absolute Gasteiger partial charge is 0.224 e. The van der Waals surface area contributed by atoms with Gasteiger partial charge in [-0.25, -0.2) is 0 Å². The molecule has 0 radical (unpaired) electrons. The molecule has 2 aromatic rings. The van der Waals surface area contributed by atoms with Crippen molar-refractivity contribution in [2.75, 3.05) is 13.6 Å². The lowest BCUT2D eigenvalue weighted by atomic mass is 10.1. The normalized spacial score (nSPS) is 11.9. The van der Waals surface area contributed by atoms with Crippen molar-refractivity contribution in [1.82, 2.24) is 10.6 Å². The third-order valence-electron chi connectivity index (χ3n) is 3.01.